The molecule has 18 heavy (non-hydrogen) atoms. The fourth-order valence-electron chi connectivity index (χ4n) is 1.40. The Bertz CT molecular complexity index is 537. The van der Waals surface area contributed by atoms with E-state index in [2.05, 4.69) is 10.3 Å². The van der Waals surface area contributed by atoms with E-state index in [1.807, 2.05) is 35.9 Å². The molecule has 1 heterocycles. The zero-order valence-corrected chi connectivity index (χ0v) is 11.5. The summed E-state index contributed by atoms with van der Waals surface area (Å²) in [5.74, 6) is 0.414. The lowest BCUT2D eigenvalue weighted by molar-refractivity contribution is -0.113. The largest absolute Gasteiger partial charge is 0.399 e. The maximum Gasteiger partial charge on any atom is 0.236 e. The summed E-state index contributed by atoms with van der Waals surface area (Å²) in [7, 11) is 0. The highest BCUT2D eigenvalue weighted by atomic mass is 32.2. The number of aromatic nitrogens is 1. The highest BCUT2D eigenvalue weighted by molar-refractivity contribution is 7.99. The number of amides is 1. The first-order chi connectivity index (χ1) is 8.69. The third kappa shape index (κ3) is 3.24. The molecule has 0 spiro atoms. The molecule has 0 fully saturated rings. The number of carbonyl (C=O) groups is 1. The molecule has 2 aromatic rings. The van der Waals surface area contributed by atoms with Crippen molar-refractivity contribution in [2.45, 2.75) is 0 Å². The monoisotopic (exact) mass is 279 g/mol. The molecule has 0 aliphatic carbocycles. The quantitative estimate of drug-likeness (QED) is 0.844. The number of rotatable bonds is 4. The van der Waals surface area contributed by atoms with Crippen LogP contribution >= 0.6 is 23.1 Å². The van der Waals surface area contributed by atoms with Crippen molar-refractivity contribution in [1.82, 2.24) is 4.98 Å². The summed E-state index contributed by atoms with van der Waals surface area (Å²) in [6, 6.07) is 7.50. The smallest absolute Gasteiger partial charge is 0.236 e. The third-order valence-electron chi connectivity index (χ3n) is 2.23. The van der Waals surface area contributed by atoms with Crippen LogP contribution in [0.3, 0.4) is 0 Å². The van der Waals surface area contributed by atoms with Crippen LogP contribution in [0.25, 0.3) is 11.3 Å². The Labute approximate surface area is 114 Å². The lowest BCUT2D eigenvalue weighted by Crippen LogP contribution is -2.13. The van der Waals surface area contributed by atoms with E-state index in [4.69, 9.17) is 5.73 Å². The fourth-order valence-corrected chi connectivity index (χ4v) is 2.47. The van der Waals surface area contributed by atoms with Gasteiger partial charge in [0.2, 0.25) is 5.91 Å². The van der Waals surface area contributed by atoms with Crippen molar-refractivity contribution in [2.24, 2.45) is 0 Å². The molecule has 1 amide bonds. The first-order valence-corrected chi connectivity index (χ1v) is 7.56. The second-order valence-corrected chi connectivity index (χ2v) is 5.37. The lowest BCUT2D eigenvalue weighted by atomic mass is 10.1. The van der Waals surface area contributed by atoms with E-state index in [-0.39, 0.29) is 5.91 Å². The number of carbonyl (C=O) groups excluding carboxylic acids is 1. The van der Waals surface area contributed by atoms with Gasteiger partial charge in [-0.05, 0) is 18.4 Å². The van der Waals surface area contributed by atoms with Gasteiger partial charge in [0.25, 0.3) is 0 Å². The van der Waals surface area contributed by atoms with Crippen molar-refractivity contribution >= 4 is 39.8 Å². The first-order valence-electron chi connectivity index (χ1n) is 5.29. The minimum absolute atomic E-state index is 0.0271. The van der Waals surface area contributed by atoms with Gasteiger partial charge in [0.15, 0.2) is 5.13 Å². The predicted molar refractivity (Wildman–Crippen MR) is 79.0 cm³/mol. The number of benzene rings is 1. The van der Waals surface area contributed by atoms with E-state index in [0.29, 0.717) is 10.9 Å². The van der Waals surface area contributed by atoms with Crippen LogP contribution in [-0.2, 0) is 4.79 Å². The molecule has 4 nitrogen and oxygen atoms in total. The molecule has 0 unspecified atom stereocenters. The standard InChI is InChI=1S/C12H13N3OS2/c1-17-7-11(16)15-12-14-10(6-18-12)8-2-4-9(13)5-3-8/h2-6H,7,13H2,1H3,(H,14,15,16). The average Bonchev–Trinajstić information content (AvgIpc) is 2.78. The van der Waals surface area contributed by atoms with Crippen LogP contribution in [-0.4, -0.2) is 22.9 Å². The van der Waals surface area contributed by atoms with Gasteiger partial charge in [0, 0.05) is 16.6 Å². The number of hydrogen-bond acceptors (Lipinski definition) is 5. The Morgan fingerprint density at radius 2 is 2.17 bits per heavy atom. The zero-order valence-electron chi connectivity index (χ0n) is 9.84. The summed E-state index contributed by atoms with van der Waals surface area (Å²) in [5.41, 5.74) is 8.19. The van der Waals surface area contributed by atoms with Gasteiger partial charge in [-0.2, -0.15) is 11.8 Å². The fraction of sp³-hybridized carbons (Fsp3) is 0.167. The van der Waals surface area contributed by atoms with Crippen LogP contribution < -0.4 is 11.1 Å². The summed E-state index contributed by atoms with van der Waals surface area (Å²) in [4.78, 5) is 15.8. The molecule has 6 heteroatoms. The van der Waals surface area contributed by atoms with Crippen LogP contribution in [0.5, 0.6) is 0 Å². The molecule has 0 atom stereocenters. The maximum absolute atomic E-state index is 11.4. The Hall–Kier alpha value is -1.53. The van der Waals surface area contributed by atoms with Gasteiger partial charge in [-0.25, -0.2) is 4.98 Å². The van der Waals surface area contributed by atoms with E-state index in [9.17, 15) is 4.79 Å². The Kier molecular flexibility index (Phi) is 4.22. The topological polar surface area (TPSA) is 68.0 Å². The van der Waals surface area contributed by atoms with E-state index in [1.165, 1.54) is 23.1 Å². The number of hydrogen-bond donors (Lipinski definition) is 2. The summed E-state index contributed by atoms with van der Waals surface area (Å²) >= 11 is 2.90. The molecule has 1 aromatic heterocycles. The molecule has 2 rings (SSSR count). The highest BCUT2D eigenvalue weighted by Crippen LogP contribution is 2.25. The van der Waals surface area contributed by atoms with Crippen LogP contribution in [0.4, 0.5) is 10.8 Å². The van der Waals surface area contributed by atoms with E-state index < -0.39 is 0 Å². The SMILES string of the molecule is CSCC(=O)Nc1nc(-c2ccc(N)cc2)cs1. The van der Waals surface area contributed by atoms with Crippen LogP contribution in [0, 0.1) is 0 Å². The number of nitrogens with one attached hydrogen (secondary N) is 1. The van der Waals surface area contributed by atoms with E-state index >= 15 is 0 Å². The molecule has 0 aliphatic heterocycles. The van der Waals surface area contributed by atoms with Gasteiger partial charge in [-0.15, -0.1) is 11.3 Å². The van der Waals surface area contributed by atoms with Gasteiger partial charge in [-0.1, -0.05) is 12.1 Å². The van der Waals surface area contributed by atoms with Crippen molar-refractivity contribution in [3.8, 4) is 11.3 Å². The predicted octanol–water partition coefficient (Wildman–Crippen LogP) is 2.69. The highest BCUT2D eigenvalue weighted by Gasteiger charge is 2.07. The Morgan fingerprint density at radius 3 is 2.83 bits per heavy atom. The van der Waals surface area contributed by atoms with Gasteiger partial charge in [0.05, 0.1) is 11.4 Å². The lowest BCUT2D eigenvalue weighted by Gasteiger charge is -1.99. The second-order valence-electron chi connectivity index (χ2n) is 3.64. The minimum atomic E-state index is -0.0271. The van der Waals surface area contributed by atoms with Crippen molar-refractivity contribution < 1.29 is 4.79 Å². The van der Waals surface area contributed by atoms with Crippen LogP contribution in [0.15, 0.2) is 29.6 Å². The summed E-state index contributed by atoms with van der Waals surface area (Å²) < 4.78 is 0. The molecule has 94 valence electrons. The van der Waals surface area contributed by atoms with Crippen LogP contribution in [0.1, 0.15) is 0 Å². The maximum atomic E-state index is 11.4. The van der Waals surface area contributed by atoms with Crippen molar-refractivity contribution in [3.63, 3.8) is 0 Å². The molecular formula is C12H13N3OS2. The van der Waals surface area contributed by atoms with Gasteiger partial charge in [0.1, 0.15) is 0 Å². The normalized spacial score (nSPS) is 10.3. The molecule has 3 N–H and O–H groups in total. The Morgan fingerprint density at radius 1 is 1.44 bits per heavy atom. The molecule has 0 saturated carbocycles. The number of thiazole rings is 1. The number of nitrogens with two attached hydrogens (primary N) is 1. The van der Waals surface area contributed by atoms with E-state index in [0.717, 1.165) is 16.9 Å². The minimum Gasteiger partial charge on any atom is -0.399 e. The molecule has 0 saturated heterocycles. The number of thioether (sulfide) groups is 1. The van der Waals surface area contributed by atoms with Crippen molar-refractivity contribution in [3.05, 3.63) is 29.6 Å². The molecule has 0 bridgehead atoms. The summed E-state index contributed by atoms with van der Waals surface area (Å²) in [6.07, 6.45) is 1.89. The average molecular weight is 279 g/mol. The number of nitrogens with zero attached hydrogens (tertiary/aromatic N) is 1. The molecule has 0 radical (unpaired) electrons. The molecule has 1 aromatic carbocycles. The van der Waals surface area contributed by atoms with Gasteiger partial charge >= 0.3 is 0 Å². The van der Waals surface area contributed by atoms with Crippen LogP contribution in [0.2, 0.25) is 0 Å². The Balaban J connectivity index is 2.10. The molecule has 0 aliphatic rings. The second kappa shape index (κ2) is 5.88. The summed E-state index contributed by atoms with van der Waals surface area (Å²) in [5, 5.41) is 5.31. The number of anilines is 2. The van der Waals surface area contributed by atoms with Gasteiger partial charge < -0.3 is 11.1 Å². The van der Waals surface area contributed by atoms with Crippen molar-refractivity contribution in [2.75, 3.05) is 23.1 Å². The van der Waals surface area contributed by atoms with E-state index in [1.54, 1.807) is 0 Å². The van der Waals surface area contributed by atoms with Crippen molar-refractivity contribution in [1.29, 1.82) is 0 Å². The summed E-state index contributed by atoms with van der Waals surface area (Å²) in [6.45, 7) is 0. The first kappa shape index (κ1) is 12.9. The third-order valence-corrected chi connectivity index (χ3v) is 3.54. The zero-order chi connectivity index (χ0) is 13.0. The number of nitrogen functional groups attached to an aromatic ring is 1. The van der Waals surface area contributed by atoms with Gasteiger partial charge in [-0.3, -0.25) is 4.79 Å². The molecular weight excluding hydrogens is 266 g/mol.